The fourth-order valence-corrected chi connectivity index (χ4v) is 7.25. The number of aromatic nitrogens is 3. The molecule has 3 heterocycles. The Bertz CT molecular complexity index is 1660. The van der Waals surface area contributed by atoms with Gasteiger partial charge in [-0.3, -0.25) is 10.00 Å². The van der Waals surface area contributed by atoms with Crippen molar-refractivity contribution in [1.82, 2.24) is 20.1 Å². The molecule has 0 radical (unpaired) electrons. The minimum atomic E-state index is -3.91. The highest BCUT2D eigenvalue weighted by Gasteiger charge is 2.38. The van der Waals surface area contributed by atoms with E-state index in [4.69, 9.17) is 9.88 Å². The van der Waals surface area contributed by atoms with Crippen LogP contribution in [0, 0.1) is 0 Å². The number of ether oxygens (including phenoxy) is 1. The van der Waals surface area contributed by atoms with Crippen molar-refractivity contribution < 1.29 is 13.2 Å². The van der Waals surface area contributed by atoms with Gasteiger partial charge in [-0.2, -0.15) is 5.10 Å². The zero-order chi connectivity index (χ0) is 27.4. The number of methoxy groups -OCH3 is 1. The molecule has 2 atom stereocenters. The second-order valence-corrected chi connectivity index (χ2v) is 12.8. The van der Waals surface area contributed by atoms with Crippen molar-refractivity contribution in [3.8, 4) is 28.1 Å². The Balaban J connectivity index is 1.33. The van der Waals surface area contributed by atoms with Crippen molar-refractivity contribution in [2.24, 2.45) is 5.14 Å². The second-order valence-electron chi connectivity index (χ2n) is 11.3. The summed E-state index contributed by atoms with van der Waals surface area (Å²) in [5.74, 6) is 0.177. The number of likely N-dealkylation sites (tertiary alicyclic amines) is 1. The van der Waals surface area contributed by atoms with E-state index in [9.17, 15) is 8.42 Å². The molecule has 3 N–H and O–H groups in total. The molecule has 2 aromatic carbocycles. The monoisotopic (exact) mass is 545 g/mol. The second kappa shape index (κ2) is 9.73. The molecule has 6 rings (SSSR count). The quantitative estimate of drug-likeness (QED) is 0.339. The van der Waals surface area contributed by atoms with Crippen LogP contribution in [0.25, 0.3) is 33.4 Å². The molecule has 204 valence electrons. The zero-order valence-corrected chi connectivity index (χ0v) is 23.5. The number of primary sulfonamides is 1. The molecule has 2 aliphatic rings. The first-order chi connectivity index (χ1) is 18.7. The van der Waals surface area contributed by atoms with Crippen molar-refractivity contribution in [2.45, 2.75) is 68.8 Å². The Morgan fingerprint density at radius 2 is 1.82 bits per heavy atom. The molecule has 1 aliphatic heterocycles. The fraction of sp³-hybridized carbons (Fsp3) is 0.400. The predicted molar refractivity (Wildman–Crippen MR) is 153 cm³/mol. The summed E-state index contributed by atoms with van der Waals surface area (Å²) in [6.45, 7) is 6.06. The van der Waals surface area contributed by atoms with Crippen LogP contribution in [-0.2, 0) is 22.9 Å². The predicted octanol–water partition coefficient (Wildman–Crippen LogP) is 5.07. The van der Waals surface area contributed by atoms with Crippen LogP contribution in [0.1, 0.15) is 50.7 Å². The Kier molecular flexibility index (Phi) is 6.48. The molecule has 0 amide bonds. The van der Waals surface area contributed by atoms with Gasteiger partial charge < -0.3 is 4.74 Å². The number of hydrogen-bond donors (Lipinski definition) is 2. The maximum Gasteiger partial charge on any atom is 0.241 e. The summed E-state index contributed by atoms with van der Waals surface area (Å²) in [5, 5.41) is 13.7. The molecule has 4 aromatic rings. The number of nitrogens with two attached hydrogens (primary N) is 1. The van der Waals surface area contributed by atoms with Crippen molar-refractivity contribution in [2.75, 3.05) is 13.7 Å². The smallest absolute Gasteiger partial charge is 0.241 e. The third-order valence-electron chi connectivity index (χ3n) is 8.81. The average Bonchev–Trinajstić information content (AvgIpc) is 3.52. The van der Waals surface area contributed by atoms with E-state index in [-0.39, 0.29) is 16.2 Å². The van der Waals surface area contributed by atoms with Crippen molar-refractivity contribution in [3.63, 3.8) is 0 Å². The van der Waals surface area contributed by atoms with Gasteiger partial charge in [0.2, 0.25) is 10.0 Å². The summed E-state index contributed by atoms with van der Waals surface area (Å²) in [4.78, 5) is 7.34. The van der Waals surface area contributed by atoms with E-state index < -0.39 is 10.0 Å². The Hall–Kier alpha value is -3.27. The first-order valence-electron chi connectivity index (χ1n) is 13.6. The maximum absolute atomic E-state index is 11.9. The Morgan fingerprint density at radius 3 is 2.54 bits per heavy atom. The molecule has 1 aliphatic carbocycles. The summed E-state index contributed by atoms with van der Waals surface area (Å²) >= 11 is 0. The topological polar surface area (TPSA) is 114 Å². The van der Waals surface area contributed by atoms with Crippen LogP contribution in [0.5, 0.6) is 5.75 Å². The van der Waals surface area contributed by atoms with Gasteiger partial charge in [0.1, 0.15) is 16.3 Å². The van der Waals surface area contributed by atoms with E-state index in [0.717, 1.165) is 29.4 Å². The third kappa shape index (κ3) is 4.73. The normalized spacial score (nSPS) is 22.1. The average molecular weight is 546 g/mol. The van der Waals surface area contributed by atoms with Gasteiger partial charge in [-0.25, -0.2) is 18.5 Å². The van der Waals surface area contributed by atoms with Crippen LogP contribution in [0.3, 0.4) is 0 Å². The largest absolute Gasteiger partial charge is 0.495 e. The van der Waals surface area contributed by atoms with Gasteiger partial charge in [0.15, 0.2) is 5.65 Å². The van der Waals surface area contributed by atoms with Crippen LogP contribution < -0.4 is 9.88 Å². The number of aryl methyl sites for hydroxylation is 2. The van der Waals surface area contributed by atoms with Crippen LogP contribution in [0.15, 0.2) is 53.6 Å². The number of benzene rings is 2. The van der Waals surface area contributed by atoms with E-state index in [1.807, 2.05) is 6.20 Å². The van der Waals surface area contributed by atoms with Crippen LogP contribution in [0.4, 0.5) is 0 Å². The number of sulfonamides is 1. The summed E-state index contributed by atoms with van der Waals surface area (Å²) in [5.41, 5.74) is 7.32. The number of H-pyrrole nitrogens is 1. The van der Waals surface area contributed by atoms with Gasteiger partial charge in [-0.15, -0.1) is 0 Å². The highest BCUT2D eigenvalue weighted by atomic mass is 32.2. The van der Waals surface area contributed by atoms with Gasteiger partial charge in [0, 0.05) is 34.3 Å². The molecule has 0 spiro atoms. The molecule has 0 bridgehead atoms. The van der Waals surface area contributed by atoms with E-state index in [1.165, 1.54) is 56.5 Å². The van der Waals surface area contributed by atoms with Gasteiger partial charge in [0.25, 0.3) is 0 Å². The third-order valence-corrected chi connectivity index (χ3v) is 9.76. The molecule has 2 unspecified atom stereocenters. The fourth-order valence-electron chi connectivity index (χ4n) is 6.57. The lowest BCUT2D eigenvalue weighted by molar-refractivity contribution is 0.0821. The number of fused-ring (bicyclic) bond motifs is 2. The SMILES string of the molecule is COc1cc(-c2n[nH]c3ncc(-c4ccc5c(c4)CCC(C)(N4CCCC4C)CC5)cc23)ccc1S(N)(=O)=O. The van der Waals surface area contributed by atoms with E-state index in [1.54, 1.807) is 12.1 Å². The number of aromatic amines is 1. The van der Waals surface area contributed by atoms with Crippen molar-refractivity contribution in [1.29, 1.82) is 0 Å². The standard InChI is InChI=1S/C30H35N5O3S/c1-19-5-4-14-35(19)30(2)12-10-20-6-7-21(15-22(20)11-13-30)24-16-25-28(33-34-29(25)32-18-24)23-8-9-27(39(31,36)37)26(17-23)38-3/h6-9,15-19H,4-5,10-14H2,1-3H3,(H2,31,36,37)(H,32,33,34). The minimum absolute atomic E-state index is 0.0623. The van der Waals surface area contributed by atoms with Gasteiger partial charge in [0.05, 0.1) is 7.11 Å². The van der Waals surface area contributed by atoms with Gasteiger partial charge >= 0.3 is 0 Å². The molecule has 39 heavy (non-hydrogen) atoms. The highest BCUT2D eigenvalue weighted by Crippen LogP contribution is 2.38. The first kappa shape index (κ1) is 26.0. The lowest BCUT2D eigenvalue weighted by Crippen LogP contribution is -2.48. The minimum Gasteiger partial charge on any atom is -0.495 e. The molecular formula is C30H35N5O3S. The lowest BCUT2D eigenvalue weighted by Gasteiger charge is -2.41. The lowest BCUT2D eigenvalue weighted by atomic mass is 9.89. The summed E-state index contributed by atoms with van der Waals surface area (Å²) in [6.07, 6.45) is 9.05. The molecule has 1 fully saturated rings. The van der Waals surface area contributed by atoms with E-state index in [2.05, 4.69) is 58.2 Å². The molecule has 8 nitrogen and oxygen atoms in total. The molecule has 1 saturated heterocycles. The van der Waals surface area contributed by atoms with Crippen molar-refractivity contribution >= 4 is 21.1 Å². The number of rotatable bonds is 5. The number of hydrogen-bond acceptors (Lipinski definition) is 6. The summed E-state index contributed by atoms with van der Waals surface area (Å²) in [7, 11) is -2.49. The van der Waals surface area contributed by atoms with E-state index in [0.29, 0.717) is 22.9 Å². The van der Waals surface area contributed by atoms with Crippen LogP contribution >= 0.6 is 0 Å². The summed E-state index contributed by atoms with van der Waals surface area (Å²) in [6, 6.07) is 14.4. The summed E-state index contributed by atoms with van der Waals surface area (Å²) < 4.78 is 29.2. The maximum atomic E-state index is 11.9. The zero-order valence-electron chi connectivity index (χ0n) is 22.7. The molecule has 9 heteroatoms. The number of pyridine rings is 1. The Labute approximate surface area is 229 Å². The Morgan fingerprint density at radius 1 is 1.05 bits per heavy atom. The van der Waals surface area contributed by atoms with Crippen LogP contribution in [-0.4, -0.2) is 53.7 Å². The molecular weight excluding hydrogens is 510 g/mol. The van der Waals surface area contributed by atoms with E-state index >= 15 is 0 Å². The van der Waals surface area contributed by atoms with Gasteiger partial charge in [-0.05, 0) is 93.8 Å². The number of nitrogens with zero attached hydrogens (tertiary/aromatic N) is 3. The van der Waals surface area contributed by atoms with Crippen molar-refractivity contribution in [3.05, 3.63) is 59.8 Å². The van der Waals surface area contributed by atoms with Crippen LogP contribution in [0.2, 0.25) is 0 Å². The highest BCUT2D eigenvalue weighted by molar-refractivity contribution is 7.89. The number of nitrogens with one attached hydrogen (secondary N) is 1. The first-order valence-corrected chi connectivity index (χ1v) is 15.2. The molecule has 2 aromatic heterocycles. The molecule has 0 saturated carbocycles. The van der Waals surface area contributed by atoms with Gasteiger partial charge in [-0.1, -0.05) is 24.3 Å².